The van der Waals surface area contributed by atoms with Gasteiger partial charge in [0.05, 0.1) is 17.9 Å². The molecular formula is C22H28N2O3S2. The second-order valence-corrected chi connectivity index (χ2v) is 11.3. The zero-order valence-electron chi connectivity index (χ0n) is 17.1. The number of fused-ring (bicyclic) bond motifs is 1. The van der Waals surface area contributed by atoms with Gasteiger partial charge < -0.3 is 5.32 Å². The fourth-order valence-electron chi connectivity index (χ4n) is 3.43. The predicted molar refractivity (Wildman–Crippen MR) is 121 cm³/mol. The van der Waals surface area contributed by atoms with Gasteiger partial charge in [-0.2, -0.15) is 0 Å². The van der Waals surface area contributed by atoms with Gasteiger partial charge in [-0.1, -0.05) is 26.0 Å². The maximum absolute atomic E-state index is 12.5. The van der Waals surface area contributed by atoms with Crippen LogP contribution in [0.3, 0.4) is 0 Å². The molecule has 1 aliphatic heterocycles. The third-order valence-electron chi connectivity index (χ3n) is 4.80. The third kappa shape index (κ3) is 5.54. The van der Waals surface area contributed by atoms with Crippen LogP contribution in [0.5, 0.6) is 0 Å². The Kier molecular flexibility index (Phi) is 6.90. The van der Waals surface area contributed by atoms with Crippen molar-refractivity contribution < 1.29 is 13.2 Å². The molecule has 0 spiro atoms. The number of sulfonamides is 1. The summed E-state index contributed by atoms with van der Waals surface area (Å²) in [5.74, 6) is 0.00223. The molecule has 0 saturated carbocycles. The highest BCUT2D eigenvalue weighted by Crippen LogP contribution is 2.32. The average Bonchev–Trinajstić information content (AvgIpc) is 2.68. The first-order valence-corrected chi connectivity index (χ1v) is 12.5. The van der Waals surface area contributed by atoms with Crippen molar-refractivity contribution in [2.24, 2.45) is 0 Å². The zero-order valence-corrected chi connectivity index (χ0v) is 18.8. The lowest BCUT2D eigenvalue weighted by atomic mass is 10.0. The molecule has 1 N–H and O–H groups in total. The molecule has 0 atom stereocenters. The Bertz CT molecular complexity index is 970. The number of thioether (sulfide) groups is 1. The van der Waals surface area contributed by atoms with Gasteiger partial charge >= 0.3 is 0 Å². The summed E-state index contributed by atoms with van der Waals surface area (Å²) in [6.07, 6.45) is 1.90. The molecule has 0 fully saturated rings. The van der Waals surface area contributed by atoms with E-state index in [2.05, 4.69) is 31.3 Å². The molecule has 2 aromatic carbocycles. The van der Waals surface area contributed by atoms with E-state index in [-0.39, 0.29) is 11.7 Å². The van der Waals surface area contributed by atoms with Gasteiger partial charge in [-0.15, -0.1) is 11.8 Å². The number of rotatable bonds is 7. The summed E-state index contributed by atoms with van der Waals surface area (Å²) >= 11 is 1.80. The van der Waals surface area contributed by atoms with Gasteiger partial charge in [-0.05, 0) is 61.2 Å². The van der Waals surface area contributed by atoms with Gasteiger partial charge in [0.25, 0.3) is 0 Å². The van der Waals surface area contributed by atoms with Crippen LogP contribution < -0.4 is 9.62 Å². The van der Waals surface area contributed by atoms with Crippen molar-refractivity contribution in [1.29, 1.82) is 0 Å². The van der Waals surface area contributed by atoms with Crippen molar-refractivity contribution in [2.75, 3.05) is 21.9 Å². The van der Waals surface area contributed by atoms with E-state index in [1.165, 1.54) is 9.20 Å². The topological polar surface area (TPSA) is 66.5 Å². The summed E-state index contributed by atoms with van der Waals surface area (Å²) in [6.45, 7) is 6.48. The molecule has 2 aromatic rings. The summed E-state index contributed by atoms with van der Waals surface area (Å²) in [7, 11) is -3.28. The van der Waals surface area contributed by atoms with Crippen molar-refractivity contribution >= 4 is 39.1 Å². The third-order valence-corrected chi connectivity index (χ3v) is 7.60. The lowest BCUT2D eigenvalue weighted by Crippen LogP contribution is -2.36. The lowest BCUT2D eigenvalue weighted by molar-refractivity contribution is -0.115. The molecule has 156 valence electrons. The number of nitrogens with zero attached hydrogens (tertiary/aromatic N) is 1. The van der Waals surface area contributed by atoms with Crippen molar-refractivity contribution in [3.05, 3.63) is 53.6 Å². The van der Waals surface area contributed by atoms with Crippen LogP contribution in [0.2, 0.25) is 0 Å². The summed E-state index contributed by atoms with van der Waals surface area (Å²) in [5, 5.41) is 3.47. The van der Waals surface area contributed by atoms with E-state index < -0.39 is 10.0 Å². The van der Waals surface area contributed by atoms with E-state index >= 15 is 0 Å². The Labute approximate surface area is 177 Å². The molecule has 0 saturated heterocycles. The van der Waals surface area contributed by atoms with Gasteiger partial charge in [-0.25, -0.2) is 8.42 Å². The second-order valence-electron chi connectivity index (χ2n) is 7.46. The van der Waals surface area contributed by atoms with Gasteiger partial charge in [0.1, 0.15) is 0 Å². The molecule has 0 unspecified atom stereocenters. The summed E-state index contributed by atoms with van der Waals surface area (Å²) in [6, 6.07) is 13.6. The van der Waals surface area contributed by atoms with Crippen molar-refractivity contribution in [3.63, 3.8) is 0 Å². The largest absolute Gasteiger partial charge is 0.326 e. The van der Waals surface area contributed by atoms with Crippen LogP contribution in [0.1, 0.15) is 38.3 Å². The van der Waals surface area contributed by atoms with Crippen LogP contribution in [0.4, 0.5) is 11.4 Å². The zero-order chi connectivity index (χ0) is 21.0. The minimum absolute atomic E-state index is 0.0805. The number of anilines is 2. The fourth-order valence-corrected chi connectivity index (χ4v) is 5.47. The smallest absolute Gasteiger partial charge is 0.234 e. The van der Waals surface area contributed by atoms with E-state index in [9.17, 15) is 13.2 Å². The number of benzene rings is 2. The van der Waals surface area contributed by atoms with E-state index in [1.807, 2.05) is 18.2 Å². The number of amides is 1. The van der Waals surface area contributed by atoms with Gasteiger partial charge in [0, 0.05) is 22.4 Å². The van der Waals surface area contributed by atoms with Gasteiger partial charge in [0.2, 0.25) is 15.9 Å². The number of nitrogens with one attached hydrogen (secondary N) is 1. The molecule has 1 amide bonds. The van der Waals surface area contributed by atoms with Gasteiger partial charge in [0.15, 0.2) is 0 Å². The first kappa shape index (κ1) is 21.7. The van der Waals surface area contributed by atoms with Crippen LogP contribution >= 0.6 is 11.8 Å². The number of carbonyl (C=O) groups excluding carboxylic acids is 1. The molecule has 1 aliphatic rings. The molecule has 0 aromatic heterocycles. The van der Waals surface area contributed by atoms with E-state index in [0.29, 0.717) is 23.9 Å². The molecular weight excluding hydrogens is 404 g/mol. The van der Waals surface area contributed by atoms with Crippen LogP contribution in [0.25, 0.3) is 0 Å². The minimum atomic E-state index is -3.28. The maximum Gasteiger partial charge on any atom is 0.234 e. The van der Waals surface area contributed by atoms with Crippen LogP contribution in [0, 0.1) is 0 Å². The van der Waals surface area contributed by atoms with Crippen molar-refractivity contribution in [2.45, 2.75) is 50.2 Å². The number of hydrogen-bond acceptors (Lipinski definition) is 4. The van der Waals surface area contributed by atoms with Crippen molar-refractivity contribution in [3.8, 4) is 0 Å². The lowest BCUT2D eigenvalue weighted by Gasteiger charge is -2.30. The molecule has 0 radical (unpaired) electrons. The molecule has 5 nitrogen and oxygen atoms in total. The Morgan fingerprint density at radius 2 is 1.90 bits per heavy atom. The fraction of sp³-hybridized carbons (Fsp3) is 0.409. The standard InChI is InChI=1S/C22H28N2O3S2/c1-4-29(26,27)24-13-5-6-18-15-19(9-12-21(18)24)23-22(25)14-17-7-10-20(11-8-17)28-16(2)3/h7-12,15-16H,4-6,13-14H2,1-3H3,(H,23,25). The first-order valence-electron chi connectivity index (χ1n) is 9.97. The van der Waals surface area contributed by atoms with Crippen molar-refractivity contribution in [1.82, 2.24) is 0 Å². The minimum Gasteiger partial charge on any atom is -0.326 e. The molecule has 3 rings (SSSR count). The Morgan fingerprint density at radius 3 is 2.55 bits per heavy atom. The van der Waals surface area contributed by atoms with E-state index in [1.54, 1.807) is 30.8 Å². The molecule has 7 heteroatoms. The summed E-state index contributed by atoms with van der Waals surface area (Å²) < 4.78 is 26.1. The molecule has 0 aliphatic carbocycles. The number of aryl methyl sites for hydroxylation is 1. The van der Waals surface area contributed by atoms with Crippen LogP contribution in [-0.2, 0) is 27.7 Å². The predicted octanol–water partition coefficient (Wildman–Crippen LogP) is 4.47. The Balaban J connectivity index is 1.67. The average molecular weight is 433 g/mol. The second kappa shape index (κ2) is 9.22. The highest BCUT2D eigenvalue weighted by atomic mass is 32.2. The Morgan fingerprint density at radius 1 is 1.17 bits per heavy atom. The molecule has 29 heavy (non-hydrogen) atoms. The molecule has 0 bridgehead atoms. The highest BCUT2D eigenvalue weighted by molar-refractivity contribution is 7.99. The first-order chi connectivity index (χ1) is 13.8. The molecule has 1 heterocycles. The SMILES string of the molecule is CCS(=O)(=O)N1CCCc2cc(NC(=O)Cc3ccc(SC(C)C)cc3)ccc21. The van der Waals surface area contributed by atoms with Crippen LogP contribution in [-0.4, -0.2) is 31.9 Å². The van der Waals surface area contributed by atoms with E-state index in [0.717, 1.165) is 29.7 Å². The summed E-state index contributed by atoms with van der Waals surface area (Å²) in [5.41, 5.74) is 3.36. The highest BCUT2D eigenvalue weighted by Gasteiger charge is 2.26. The van der Waals surface area contributed by atoms with Crippen LogP contribution in [0.15, 0.2) is 47.4 Å². The number of carbonyl (C=O) groups is 1. The van der Waals surface area contributed by atoms with Gasteiger partial charge in [-0.3, -0.25) is 9.10 Å². The number of hydrogen-bond donors (Lipinski definition) is 1. The quantitative estimate of drug-likeness (QED) is 0.656. The summed E-state index contributed by atoms with van der Waals surface area (Å²) in [4.78, 5) is 13.7. The van der Waals surface area contributed by atoms with E-state index in [4.69, 9.17) is 0 Å². The monoisotopic (exact) mass is 432 g/mol. The maximum atomic E-state index is 12.5. The normalized spacial score (nSPS) is 14.0. The Hall–Kier alpha value is -1.99.